The molecule has 0 aliphatic carbocycles. The molecule has 0 aliphatic heterocycles. The van der Waals surface area contributed by atoms with Crippen molar-refractivity contribution in [2.45, 2.75) is 6.92 Å². The third kappa shape index (κ3) is 2.53. The van der Waals surface area contributed by atoms with Crippen molar-refractivity contribution >= 4 is 17.6 Å². The highest BCUT2D eigenvalue weighted by Crippen LogP contribution is 2.36. The Hall–Kier alpha value is -1.42. The lowest BCUT2D eigenvalue weighted by molar-refractivity contribution is 0.0696. The van der Waals surface area contributed by atoms with Crippen LogP contribution < -0.4 is 9.47 Å². The topological polar surface area (TPSA) is 55.8 Å². The minimum absolute atomic E-state index is 0.0697. The van der Waals surface area contributed by atoms with Crippen LogP contribution in [0, 0.1) is 0 Å². The number of benzene rings is 1. The summed E-state index contributed by atoms with van der Waals surface area (Å²) in [5.74, 6) is -0.369. The summed E-state index contributed by atoms with van der Waals surface area (Å²) in [6.45, 7) is 2.24. The SMILES string of the molecule is CCOc1c(Cl)cc(C(=O)O)cc1OC. The molecule has 1 N–H and O–H groups in total. The maximum Gasteiger partial charge on any atom is 0.335 e. The highest BCUT2D eigenvalue weighted by molar-refractivity contribution is 6.32. The van der Waals surface area contributed by atoms with Crippen molar-refractivity contribution in [1.29, 1.82) is 0 Å². The maximum absolute atomic E-state index is 10.7. The fourth-order valence-electron chi connectivity index (χ4n) is 1.13. The van der Waals surface area contributed by atoms with Crippen LogP contribution in [0.1, 0.15) is 17.3 Å². The Kier molecular flexibility index (Phi) is 3.80. The number of carbonyl (C=O) groups is 1. The molecule has 15 heavy (non-hydrogen) atoms. The monoisotopic (exact) mass is 230 g/mol. The Balaban J connectivity index is 3.24. The van der Waals surface area contributed by atoms with E-state index < -0.39 is 5.97 Å². The molecular weight excluding hydrogens is 220 g/mol. The van der Waals surface area contributed by atoms with Crippen LogP contribution in [-0.4, -0.2) is 24.8 Å². The van der Waals surface area contributed by atoms with E-state index in [1.807, 2.05) is 0 Å². The molecule has 0 amide bonds. The molecule has 0 radical (unpaired) electrons. The molecule has 0 heterocycles. The maximum atomic E-state index is 10.7. The lowest BCUT2D eigenvalue weighted by atomic mass is 10.2. The minimum atomic E-state index is -1.06. The summed E-state index contributed by atoms with van der Waals surface area (Å²) >= 11 is 5.87. The van der Waals surface area contributed by atoms with Crippen molar-refractivity contribution in [2.75, 3.05) is 13.7 Å². The first-order valence-electron chi connectivity index (χ1n) is 4.33. The molecule has 82 valence electrons. The standard InChI is InChI=1S/C10H11ClO4/c1-3-15-9-7(11)4-6(10(12)13)5-8(9)14-2/h4-5H,3H2,1-2H3,(H,12,13). The van der Waals surface area contributed by atoms with Gasteiger partial charge in [-0.2, -0.15) is 0 Å². The van der Waals surface area contributed by atoms with Gasteiger partial charge < -0.3 is 14.6 Å². The number of methoxy groups -OCH3 is 1. The van der Waals surface area contributed by atoms with Gasteiger partial charge in [-0.25, -0.2) is 4.79 Å². The number of hydrogen-bond donors (Lipinski definition) is 1. The Labute approximate surface area is 92.4 Å². The van der Waals surface area contributed by atoms with E-state index >= 15 is 0 Å². The van der Waals surface area contributed by atoms with Gasteiger partial charge in [-0.3, -0.25) is 0 Å². The van der Waals surface area contributed by atoms with Crippen LogP contribution in [0.25, 0.3) is 0 Å². The average molecular weight is 231 g/mol. The highest BCUT2D eigenvalue weighted by Gasteiger charge is 2.14. The zero-order valence-corrected chi connectivity index (χ0v) is 9.17. The summed E-state index contributed by atoms with van der Waals surface area (Å²) in [5, 5.41) is 9.03. The van der Waals surface area contributed by atoms with Crippen LogP contribution in [0.5, 0.6) is 11.5 Å². The summed E-state index contributed by atoms with van der Waals surface area (Å²) < 4.78 is 10.2. The van der Waals surface area contributed by atoms with Crippen LogP contribution in [0.2, 0.25) is 5.02 Å². The van der Waals surface area contributed by atoms with Gasteiger partial charge >= 0.3 is 5.97 Å². The van der Waals surface area contributed by atoms with Crippen molar-refractivity contribution in [3.63, 3.8) is 0 Å². The smallest absolute Gasteiger partial charge is 0.335 e. The van der Waals surface area contributed by atoms with E-state index in [0.717, 1.165) is 0 Å². The largest absolute Gasteiger partial charge is 0.493 e. The van der Waals surface area contributed by atoms with Crippen LogP contribution in [0.15, 0.2) is 12.1 Å². The van der Waals surface area contributed by atoms with Gasteiger partial charge in [0.25, 0.3) is 0 Å². The molecule has 0 aliphatic rings. The van der Waals surface area contributed by atoms with Crippen molar-refractivity contribution < 1.29 is 19.4 Å². The van der Waals surface area contributed by atoms with Gasteiger partial charge in [0.2, 0.25) is 0 Å². The van der Waals surface area contributed by atoms with E-state index in [-0.39, 0.29) is 10.6 Å². The third-order valence-corrected chi connectivity index (χ3v) is 2.05. The second kappa shape index (κ2) is 4.89. The highest BCUT2D eigenvalue weighted by atomic mass is 35.5. The number of halogens is 1. The van der Waals surface area contributed by atoms with Crippen LogP contribution in [-0.2, 0) is 0 Å². The van der Waals surface area contributed by atoms with E-state index in [1.165, 1.54) is 19.2 Å². The fraction of sp³-hybridized carbons (Fsp3) is 0.300. The molecule has 0 spiro atoms. The first kappa shape index (κ1) is 11.7. The molecule has 0 atom stereocenters. The molecule has 0 saturated heterocycles. The molecule has 0 saturated carbocycles. The number of ether oxygens (including phenoxy) is 2. The zero-order valence-electron chi connectivity index (χ0n) is 8.41. The van der Waals surface area contributed by atoms with Gasteiger partial charge in [0.15, 0.2) is 11.5 Å². The van der Waals surface area contributed by atoms with E-state index in [9.17, 15) is 4.79 Å². The van der Waals surface area contributed by atoms with Crippen molar-refractivity contribution in [2.24, 2.45) is 0 Å². The molecular formula is C10H11ClO4. The second-order valence-corrected chi connectivity index (χ2v) is 3.13. The number of carboxylic acids is 1. The first-order valence-corrected chi connectivity index (χ1v) is 4.71. The van der Waals surface area contributed by atoms with Gasteiger partial charge in [-0.05, 0) is 19.1 Å². The Morgan fingerprint density at radius 3 is 2.67 bits per heavy atom. The summed E-state index contributed by atoms with van der Waals surface area (Å²) in [4.78, 5) is 10.7. The van der Waals surface area contributed by atoms with E-state index in [4.69, 9.17) is 26.2 Å². The molecule has 0 bridgehead atoms. The first-order chi connectivity index (χ1) is 7.10. The van der Waals surface area contributed by atoms with Gasteiger partial charge in [0.1, 0.15) is 0 Å². The average Bonchev–Trinajstić information content (AvgIpc) is 2.20. The normalized spacial score (nSPS) is 9.80. The van der Waals surface area contributed by atoms with Gasteiger partial charge in [-0.1, -0.05) is 11.6 Å². The third-order valence-electron chi connectivity index (χ3n) is 1.77. The number of carboxylic acid groups (broad SMARTS) is 1. The van der Waals surface area contributed by atoms with Crippen molar-refractivity contribution in [3.05, 3.63) is 22.7 Å². The van der Waals surface area contributed by atoms with Crippen molar-refractivity contribution in [1.82, 2.24) is 0 Å². The molecule has 1 rings (SSSR count). The second-order valence-electron chi connectivity index (χ2n) is 2.73. The predicted molar refractivity (Wildman–Crippen MR) is 56.1 cm³/mol. The summed E-state index contributed by atoms with van der Waals surface area (Å²) in [6.07, 6.45) is 0. The number of rotatable bonds is 4. The Morgan fingerprint density at radius 2 is 2.20 bits per heavy atom. The Bertz CT molecular complexity index is 376. The lowest BCUT2D eigenvalue weighted by Gasteiger charge is -2.11. The summed E-state index contributed by atoms with van der Waals surface area (Å²) in [7, 11) is 1.43. The molecule has 0 fully saturated rings. The summed E-state index contributed by atoms with van der Waals surface area (Å²) in [5.41, 5.74) is 0.0697. The number of aromatic carboxylic acids is 1. The molecule has 1 aromatic carbocycles. The molecule has 4 nitrogen and oxygen atoms in total. The predicted octanol–water partition coefficient (Wildman–Crippen LogP) is 2.45. The van der Waals surface area contributed by atoms with Gasteiger partial charge in [-0.15, -0.1) is 0 Å². The molecule has 1 aromatic rings. The molecule has 0 aromatic heterocycles. The van der Waals surface area contributed by atoms with E-state index in [2.05, 4.69) is 0 Å². The quantitative estimate of drug-likeness (QED) is 0.863. The molecule has 0 unspecified atom stereocenters. The van der Waals surface area contributed by atoms with Crippen LogP contribution >= 0.6 is 11.6 Å². The Morgan fingerprint density at radius 1 is 1.53 bits per heavy atom. The van der Waals surface area contributed by atoms with Crippen LogP contribution in [0.4, 0.5) is 0 Å². The minimum Gasteiger partial charge on any atom is -0.493 e. The number of hydrogen-bond acceptors (Lipinski definition) is 3. The lowest BCUT2D eigenvalue weighted by Crippen LogP contribution is -2.01. The van der Waals surface area contributed by atoms with E-state index in [0.29, 0.717) is 18.1 Å². The fourth-order valence-corrected chi connectivity index (χ4v) is 1.39. The van der Waals surface area contributed by atoms with E-state index in [1.54, 1.807) is 6.92 Å². The van der Waals surface area contributed by atoms with Crippen LogP contribution in [0.3, 0.4) is 0 Å². The zero-order chi connectivity index (χ0) is 11.4. The van der Waals surface area contributed by atoms with Crippen molar-refractivity contribution in [3.8, 4) is 11.5 Å². The van der Waals surface area contributed by atoms with Gasteiger partial charge in [0, 0.05) is 0 Å². The van der Waals surface area contributed by atoms with Gasteiger partial charge in [0.05, 0.1) is 24.3 Å². The molecule has 5 heteroatoms. The summed E-state index contributed by atoms with van der Waals surface area (Å²) in [6, 6.07) is 2.70.